The molecule has 0 aromatic carbocycles. The number of ether oxygens (including phenoxy) is 1. The molecule has 82 valence electrons. The monoisotopic (exact) mass is 209 g/mol. The molecular formula is C9H15N5O. The van der Waals surface area contributed by atoms with Crippen LogP contribution in [-0.4, -0.2) is 37.0 Å². The summed E-state index contributed by atoms with van der Waals surface area (Å²) in [4.78, 5) is 12.3. The van der Waals surface area contributed by atoms with Gasteiger partial charge in [-0.05, 0) is 6.42 Å². The number of hydrogen-bond acceptors (Lipinski definition) is 6. The first-order valence-electron chi connectivity index (χ1n) is 5.13. The maximum atomic E-state index is 5.57. The molecule has 0 aliphatic carbocycles. The Morgan fingerprint density at radius 1 is 1.60 bits per heavy atom. The Bertz CT molecular complexity index is 322. The van der Waals surface area contributed by atoms with Gasteiger partial charge in [0.15, 0.2) is 6.17 Å². The smallest absolute Gasteiger partial charge is 0.220 e. The SMILES string of the molecule is CCCCOC1=NC(N)=NC2N=CNC12. The number of guanidine groups is 1. The fourth-order valence-electron chi connectivity index (χ4n) is 1.47. The lowest BCUT2D eigenvalue weighted by Crippen LogP contribution is -2.44. The molecule has 2 unspecified atom stereocenters. The van der Waals surface area contributed by atoms with E-state index in [-0.39, 0.29) is 18.2 Å². The van der Waals surface area contributed by atoms with Crippen molar-refractivity contribution < 1.29 is 4.74 Å². The Morgan fingerprint density at radius 2 is 2.47 bits per heavy atom. The highest BCUT2D eigenvalue weighted by molar-refractivity contribution is 5.99. The fraction of sp³-hybridized carbons (Fsp3) is 0.667. The average molecular weight is 209 g/mol. The minimum atomic E-state index is -0.209. The van der Waals surface area contributed by atoms with E-state index in [0.29, 0.717) is 12.5 Å². The second kappa shape index (κ2) is 4.29. The van der Waals surface area contributed by atoms with Crippen LogP contribution in [0.25, 0.3) is 0 Å². The van der Waals surface area contributed by atoms with E-state index < -0.39 is 0 Å². The minimum absolute atomic E-state index is 0.0749. The summed E-state index contributed by atoms with van der Waals surface area (Å²) in [6.45, 7) is 2.77. The second-order valence-electron chi connectivity index (χ2n) is 3.48. The van der Waals surface area contributed by atoms with Gasteiger partial charge in [-0.1, -0.05) is 13.3 Å². The van der Waals surface area contributed by atoms with Crippen molar-refractivity contribution >= 4 is 18.2 Å². The zero-order chi connectivity index (χ0) is 10.7. The van der Waals surface area contributed by atoms with Gasteiger partial charge in [0.05, 0.1) is 12.9 Å². The zero-order valence-corrected chi connectivity index (χ0v) is 8.68. The van der Waals surface area contributed by atoms with E-state index in [9.17, 15) is 0 Å². The maximum absolute atomic E-state index is 5.57. The first-order valence-corrected chi connectivity index (χ1v) is 5.13. The van der Waals surface area contributed by atoms with Crippen LogP contribution in [0.1, 0.15) is 19.8 Å². The van der Waals surface area contributed by atoms with Crippen LogP contribution in [0.2, 0.25) is 0 Å². The van der Waals surface area contributed by atoms with Crippen LogP contribution < -0.4 is 11.1 Å². The maximum Gasteiger partial charge on any atom is 0.220 e. The number of nitrogens with zero attached hydrogens (tertiary/aromatic N) is 3. The number of aliphatic imine (C=N–C) groups is 3. The van der Waals surface area contributed by atoms with Crippen molar-refractivity contribution in [1.82, 2.24) is 5.32 Å². The summed E-state index contributed by atoms with van der Waals surface area (Å²) in [5.41, 5.74) is 5.57. The molecule has 15 heavy (non-hydrogen) atoms. The van der Waals surface area contributed by atoms with Gasteiger partial charge in [-0.15, -0.1) is 0 Å². The largest absolute Gasteiger partial charge is 0.479 e. The molecule has 6 nitrogen and oxygen atoms in total. The van der Waals surface area contributed by atoms with Gasteiger partial charge in [-0.3, -0.25) is 0 Å². The van der Waals surface area contributed by atoms with Gasteiger partial charge >= 0.3 is 0 Å². The molecule has 0 saturated heterocycles. The Labute approximate surface area is 88.3 Å². The summed E-state index contributed by atoms with van der Waals surface area (Å²) < 4.78 is 5.55. The number of fused-ring (bicyclic) bond motifs is 1. The van der Waals surface area contributed by atoms with Gasteiger partial charge in [-0.25, -0.2) is 9.98 Å². The third-order valence-corrected chi connectivity index (χ3v) is 2.28. The summed E-state index contributed by atoms with van der Waals surface area (Å²) in [7, 11) is 0. The van der Waals surface area contributed by atoms with E-state index >= 15 is 0 Å². The number of nitrogens with two attached hydrogens (primary N) is 1. The van der Waals surface area contributed by atoms with Crippen LogP contribution in [0.15, 0.2) is 15.0 Å². The van der Waals surface area contributed by atoms with Crippen LogP contribution in [-0.2, 0) is 4.74 Å². The lowest BCUT2D eigenvalue weighted by Gasteiger charge is -2.21. The van der Waals surface area contributed by atoms with Crippen molar-refractivity contribution in [3.63, 3.8) is 0 Å². The van der Waals surface area contributed by atoms with E-state index in [0.717, 1.165) is 12.8 Å². The normalized spacial score (nSPS) is 27.8. The molecule has 0 aromatic heterocycles. The van der Waals surface area contributed by atoms with Crippen molar-refractivity contribution in [3.8, 4) is 0 Å². The lowest BCUT2D eigenvalue weighted by atomic mass is 10.2. The molecule has 2 atom stereocenters. The highest BCUT2D eigenvalue weighted by atomic mass is 16.5. The van der Waals surface area contributed by atoms with Gasteiger partial charge in [0.1, 0.15) is 6.04 Å². The number of unbranched alkanes of at least 4 members (excludes halogenated alkanes) is 1. The first kappa shape index (κ1) is 9.95. The molecule has 0 amide bonds. The Balaban J connectivity index is 2.00. The predicted octanol–water partition coefficient (Wildman–Crippen LogP) is -0.144. The quantitative estimate of drug-likeness (QED) is 0.634. The highest BCUT2D eigenvalue weighted by Crippen LogP contribution is 2.13. The molecule has 2 rings (SSSR count). The molecule has 0 aromatic rings. The minimum Gasteiger partial charge on any atom is -0.479 e. The molecule has 2 aliphatic heterocycles. The summed E-state index contributed by atoms with van der Waals surface area (Å²) in [6, 6.07) is -0.0749. The molecular weight excluding hydrogens is 194 g/mol. The van der Waals surface area contributed by atoms with E-state index in [1.54, 1.807) is 6.34 Å². The fourth-order valence-corrected chi connectivity index (χ4v) is 1.47. The second-order valence-corrected chi connectivity index (χ2v) is 3.48. The van der Waals surface area contributed by atoms with Crippen molar-refractivity contribution in [2.75, 3.05) is 6.61 Å². The summed E-state index contributed by atoms with van der Waals surface area (Å²) in [5, 5.41) is 3.05. The first-order chi connectivity index (χ1) is 7.31. The number of nitrogens with one attached hydrogen (secondary N) is 1. The molecule has 0 radical (unpaired) electrons. The standard InChI is InChI=1S/C9H15N5O/c1-2-3-4-15-8-6-7(12-5-11-6)13-9(10)14-8/h5-7H,2-4H2,1H3,(H2,10,13)(H,11,12). The molecule has 0 spiro atoms. The molecule has 3 N–H and O–H groups in total. The molecule has 2 aliphatic rings. The van der Waals surface area contributed by atoms with Crippen molar-refractivity contribution in [2.45, 2.75) is 32.0 Å². The summed E-state index contributed by atoms with van der Waals surface area (Å²) in [6.07, 6.45) is 3.51. The molecule has 0 bridgehead atoms. The Kier molecular flexibility index (Phi) is 2.84. The molecule has 2 heterocycles. The van der Waals surface area contributed by atoms with E-state index in [1.165, 1.54) is 0 Å². The third kappa shape index (κ3) is 2.08. The third-order valence-electron chi connectivity index (χ3n) is 2.28. The molecule has 0 fully saturated rings. The highest BCUT2D eigenvalue weighted by Gasteiger charge is 2.33. The van der Waals surface area contributed by atoms with Crippen molar-refractivity contribution in [3.05, 3.63) is 0 Å². The van der Waals surface area contributed by atoms with Crippen molar-refractivity contribution in [1.29, 1.82) is 0 Å². The van der Waals surface area contributed by atoms with Crippen LogP contribution in [0.4, 0.5) is 0 Å². The summed E-state index contributed by atoms with van der Waals surface area (Å²) >= 11 is 0. The Hall–Kier alpha value is -1.59. The van der Waals surface area contributed by atoms with Gasteiger partial charge in [0.25, 0.3) is 0 Å². The van der Waals surface area contributed by atoms with Crippen LogP contribution in [0.5, 0.6) is 0 Å². The van der Waals surface area contributed by atoms with Gasteiger partial charge in [0, 0.05) is 0 Å². The zero-order valence-electron chi connectivity index (χ0n) is 8.68. The van der Waals surface area contributed by atoms with Gasteiger partial charge < -0.3 is 15.8 Å². The topological polar surface area (TPSA) is 84.4 Å². The van der Waals surface area contributed by atoms with E-state index in [4.69, 9.17) is 10.5 Å². The molecule has 0 saturated carbocycles. The molecule has 6 heteroatoms. The van der Waals surface area contributed by atoms with Crippen LogP contribution in [0.3, 0.4) is 0 Å². The number of rotatable bonds is 3. The van der Waals surface area contributed by atoms with Crippen LogP contribution in [0, 0.1) is 0 Å². The average Bonchev–Trinajstić information content (AvgIpc) is 2.65. The van der Waals surface area contributed by atoms with E-state index in [2.05, 4.69) is 27.2 Å². The predicted molar refractivity (Wildman–Crippen MR) is 59.1 cm³/mol. The summed E-state index contributed by atoms with van der Waals surface area (Å²) in [5.74, 6) is 0.835. The van der Waals surface area contributed by atoms with Crippen LogP contribution >= 0.6 is 0 Å². The lowest BCUT2D eigenvalue weighted by molar-refractivity contribution is 0.277. The van der Waals surface area contributed by atoms with Gasteiger partial charge in [-0.2, -0.15) is 4.99 Å². The van der Waals surface area contributed by atoms with Crippen molar-refractivity contribution in [2.24, 2.45) is 20.7 Å². The van der Waals surface area contributed by atoms with E-state index in [1.807, 2.05) is 0 Å². The van der Waals surface area contributed by atoms with Gasteiger partial charge in [0.2, 0.25) is 11.9 Å². The number of hydrogen-bond donors (Lipinski definition) is 2. The Morgan fingerprint density at radius 3 is 3.27 bits per heavy atom.